The predicted octanol–water partition coefficient (Wildman–Crippen LogP) is 3.03. The van der Waals surface area contributed by atoms with Crippen LogP contribution in [0.3, 0.4) is 0 Å². The normalized spacial score (nSPS) is 11.2. The number of rotatable bonds is 2. The third kappa shape index (κ3) is 1.73. The monoisotopic (exact) mass is 225 g/mol. The van der Waals surface area contributed by atoms with Gasteiger partial charge in [0.2, 0.25) is 0 Å². The molecule has 2 aromatic heterocycles. The van der Waals surface area contributed by atoms with Crippen molar-refractivity contribution in [1.29, 1.82) is 0 Å². The first-order chi connectivity index (χ1) is 8.24. The maximum Gasteiger partial charge on any atom is 0.107 e. The lowest BCUT2D eigenvalue weighted by Crippen LogP contribution is -2.02. The minimum absolute atomic E-state index is 0.847. The number of nitrogens with zero attached hydrogens (tertiary/aromatic N) is 2. The van der Waals surface area contributed by atoms with Gasteiger partial charge in [0.1, 0.15) is 5.82 Å². The second-order valence-electron chi connectivity index (χ2n) is 4.40. The number of nitrogens with one attached hydrogen (secondary N) is 1. The maximum atomic E-state index is 4.57. The Morgan fingerprint density at radius 1 is 1.12 bits per heavy atom. The SMILES string of the molecule is Cc1ccc(Cn2c(C)nc3ccccc32)[nH]1. The van der Waals surface area contributed by atoms with Gasteiger partial charge in [0.05, 0.1) is 17.6 Å². The van der Waals surface area contributed by atoms with E-state index in [1.165, 1.54) is 16.9 Å². The van der Waals surface area contributed by atoms with Crippen LogP contribution in [0.4, 0.5) is 0 Å². The van der Waals surface area contributed by atoms with Gasteiger partial charge in [-0.3, -0.25) is 0 Å². The average Bonchev–Trinajstić information content (AvgIpc) is 2.85. The van der Waals surface area contributed by atoms with Crippen LogP contribution in [0.5, 0.6) is 0 Å². The number of fused-ring (bicyclic) bond motifs is 1. The summed E-state index contributed by atoms with van der Waals surface area (Å²) >= 11 is 0. The molecule has 0 saturated heterocycles. The van der Waals surface area contributed by atoms with Gasteiger partial charge in [-0.25, -0.2) is 4.98 Å². The zero-order valence-electron chi connectivity index (χ0n) is 10.1. The van der Waals surface area contributed by atoms with Crippen molar-refractivity contribution < 1.29 is 0 Å². The van der Waals surface area contributed by atoms with Crippen LogP contribution in [0, 0.1) is 13.8 Å². The minimum atomic E-state index is 0.847. The molecule has 3 aromatic rings. The first-order valence-electron chi connectivity index (χ1n) is 5.80. The Morgan fingerprint density at radius 2 is 1.94 bits per heavy atom. The fourth-order valence-corrected chi connectivity index (χ4v) is 2.22. The summed E-state index contributed by atoms with van der Waals surface area (Å²) in [5.41, 5.74) is 4.67. The Balaban J connectivity index is 2.08. The quantitative estimate of drug-likeness (QED) is 0.714. The summed E-state index contributed by atoms with van der Waals surface area (Å²) in [4.78, 5) is 7.92. The lowest BCUT2D eigenvalue weighted by Gasteiger charge is -2.05. The summed E-state index contributed by atoms with van der Waals surface area (Å²) in [6, 6.07) is 12.5. The maximum absolute atomic E-state index is 4.57. The molecule has 0 atom stereocenters. The van der Waals surface area contributed by atoms with Crippen molar-refractivity contribution in [3.63, 3.8) is 0 Å². The van der Waals surface area contributed by atoms with Crippen LogP contribution in [0.2, 0.25) is 0 Å². The van der Waals surface area contributed by atoms with E-state index in [4.69, 9.17) is 0 Å². The third-order valence-electron chi connectivity index (χ3n) is 3.07. The Hall–Kier alpha value is -2.03. The molecule has 3 nitrogen and oxygen atoms in total. The molecule has 86 valence electrons. The van der Waals surface area contributed by atoms with E-state index in [9.17, 15) is 0 Å². The van der Waals surface area contributed by atoms with Crippen LogP contribution in [-0.2, 0) is 6.54 Å². The predicted molar refractivity (Wildman–Crippen MR) is 69.1 cm³/mol. The van der Waals surface area contributed by atoms with E-state index in [0.29, 0.717) is 0 Å². The molecular formula is C14H15N3. The van der Waals surface area contributed by atoms with Crippen LogP contribution >= 0.6 is 0 Å². The van der Waals surface area contributed by atoms with Gasteiger partial charge in [-0.05, 0) is 38.1 Å². The highest BCUT2D eigenvalue weighted by Gasteiger charge is 2.07. The first kappa shape index (κ1) is 10.1. The molecule has 17 heavy (non-hydrogen) atoms. The average molecular weight is 225 g/mol. The number of hydrogen-bond acceptors (Lipinski definition) is 1. The zero-order chi connectivity index (χ0) is 11.8. The fraction of sp³-hybridized carbons (Fsp3) is 0.214. The van der Waals surface area contributed by atoms with E-state index in [-0.39, 0.29) is 0 Å². The molecule has 0 amide bonds. The van der Waals surface area contributed by atoms with Gasteiger partial charge in [0.15, 0.2) is 0 Å². The number of aromatic amines is 1. The number of H-pyrrole nitrogens is 1. The van der Waals surface area contributed by atoms with Crippen LogP contribution in [0.25, 0.3) is 11.0 Å². The summed E-state index contributed by atoms with van der Waals surface area (Å²) in [5.74, 6) is 1.05. The summed E-state index contributed by atoms with van der Waals surface area (Å²) < 4.78 is 2.24. The van der Waals surface area contributed by atoms with Crippen molar-refractivity contribution >= 4 is 11.0 Å². The molecule has 3 rings (SSSR count). The van der Waals surface area contributed by atoms with Crippen molar-refractivity contribution in [2.24, 2.45) is 0 Å². The summed E-state index contributed by atoms with van der Waals surface area (Å²) in [6.07, 6.45) is 0. The number of para-hydroxylation sites is 2. The second-order valence-corrected chi connectivity index (χ2v) is 4.40. The molecule has 0 aliphatic rings. The Kier molecular flexibility index (Phi) is 2.25. The number of imidazole rings is 1. The molecular weight excluding hydrogens is 210 g/mol. The van der Waals surface area contributed by atoms with Gasteiger partial charge in [-0.2, -0.15) is 0 Å². The van der Waals surface area contributed by atoms with Crippen LogP contribution in [-0.4, -0.2) is 14.5 Å². The van der Waals surface area contributed by atoms with Crippen molar-refractivity contribution in [2.45, 2.75) is 20.4 Å². The van der Waals surface area contributed by atoms with Crippen LogP contribution in [0.1, 0.15) is 17.2 Å². The van der Waals surface area contributed by atoms with E-state index in [1.54, 1.807) is 0 Å². The molecule has 0 fully saturated rings. The van der Waals surface area contributed by atoms with E-state index < -0.39 is 0 Å². The molecule has 0 bridgehead atoms. The van der Waals surface area contributed by atoms with E-state index in [1.807, 2.05) is 6.07 Å². The molecule has 1 aromatic carbocycles. The van der Waals surface area contributed by atoms with E-state index in [0.717, 1.165) is 17.9 Å². The number of aryl methyl sites for hydroxylation is 2. The van der Waals surface area contributed by atoms with Gasteiger partial charge in [0.25, 0.3) is 0 Å². The molecule has 1 N–H and O–H groups in total. The Bertz CT molecular complexity index is 661. The third-order valence-corrected chi connectivity index (χ3v) is 3.07. The molecule has 0 saturated carbocycles. The lowest BCUT2D eigenvalue weighted by atomic mass is 10.3. The van der Waals surface area contributed by atoms with Gasteiger partial charge in [-0.15, -0.1) is 0 Å². The van der Waals surface area contributed by atoms with Crippen molar-refractivity contribution in [3.05, 3.63) is 53.6 Å². The summed E-state index contributed by atoms with van der Waals surface area (Å²) in [6.45, 7) is 4.97. The molecule has 0 aliphatic carbocycles. The molecule has 0 spiro atoms. The number of hydrogen-bond donors (Lipinski definition) is 1. The van der Waals surface area contributed by atoms with E-state index in [2.05, 4.69) is 58.7 Å². The summed E-state index contributed by atoms with van der Waals surface area (Å²) in [5, 5.41) is 0. The zero-order valence-corrected chi connectivity index (χ0v) is 10.1. The van der Waals surface area contributed by atoms with E-state index >= 15 is 0 Å². The van der Waals surface area contributed by atoms with Gasteiger partial charge >= 0.3 is 0 Å². The largest absolute Gasteiger partial charge is 0.361 e. The van der Waals surface area contributed by atoms with Crippen LogP contribution in [0.15, 0.2) is 36.4 Å². The topological polar surface area (TPSA) is 33.6 Å². The standard InChI is InChI=1S/C14H15N3/c1-10-7-8-12(15-10)9-17-11(2)16-13-5-3-4-6-14(13)17/h3-8,15H,9H2,1-2H3. The number of aromatic nitrogens is 3. The molecule has 0 radical (unpaired) electrons. The Labute approximate surface area is 100 Å². The minimum Gasteiger partial charge on any atom is -0.361 e. The van der Waals surface area contributed by atoms with Gasteiger partial charge in [0, 0.05) is 11.4 Å². The lowest BCUT2D eigenvalue weighted by molar-refractivity contribution is 0.767. The number of benzene rings is 1. The van der Waals surface area contributed by atoms with Crippen molar-refractivity contribution in [3.8, 4) is 0 Å². The first-order valence-corrected chi connectivity index (χ1v) is 5.80. The van der Waals surface area contributed by atoms with Crippen molar-refractivity contribution in [2.75, 3.05) is 0 Å². The second kappa shape index (κ2) is 3.77. The Morgan fingerprint density at radius 3 is 2.71 bits per heavy atom. The van der Waals surface area contributed by atoms with Crippen molar-refractivity contribution in [1.82, 2.24) is 14.5 Å². The highest BCUT2D eigenvalue weighted by atomic mass is 15.1. The van der Waals surface area contributed by atoms with Gasteiger partial charge < -0.3 is 9.55 Å². The van der Waals surface area contributed by atoms with Gasteiger partial charge in [-0.1, -0.05) is 12.1 Å². The van der Waals surface area contributed by atoms with Crippen LogP contribution < -0.4 is 0 Å². The molecule has 3 heteroatoms. The highest BCUT2D eigenvalue weighted by Crippen LogP contribution is 2.17. The highest BCUT2D eigenvalue weighted by molar-refractivity contribution is 5.75. The molecule has 0 unspecified atom stereocenters. The smallest absolute Gasteiger partial charge is 0.107 e. The summed E-state index contributed by atoms with van der Waals surface area (Å²) in [7, 11) is 0. The fourth-order valence-electron chi connectivity index (χ4n) is 2.22. The molecule has 2 heterocycles. The molecule has 0 aliphatic heterocycles.